The number of benzene rings is 3. The molecule has 6 nitrogen and oxygen atoms in total. The van der Waals surface area contributed by atoms with Gasteiger partial charge in [-0.3, -0.25) is 20.2 Å². The Morgan fingerprint density at radius 3 is 1.39 bits per heavy atom. The summed E-state index contributed by atoms with van der Waals surface area (Å²) in [7, 11) is 0. The molecule has 0 saturated carbocycles. The fourth-order valence-corrected chi connectivity index (χ4v) is 4.30. The fourth-order valence-electron chi connectivity index (χ4n) is 3.91. The van der Waals surface area contributed by atoms with E-state index in [1.54, 1.807) is 24.3 Å². The Morgan fingerprint density at radius 2 is 1.03 bits per heavy atom. The molecule has 3 rings (SSSR count). The van der Waals surface area contributed by atoms with Gasteiger partial charge in [-0.2, -0.15) is 0 Å². The molecule has 3 aromatic rings. The van der Waals surface area contributed by atoms with Crippen molar-refractivity contribution in [3.63, 3.8) is 0 Å². The van der Waals surface area contributed by atoms with Gasteiger partial charge in [0.1, 0.15) is 0 Å². The van der Waals surface area contributed by atoms with E-state index >= 15 is 0 Å². The maximum Gasteiger partial charge on any atom is 0.258 e. The number of aryl methyl sites for hydroxylation is 4. The van der Waals surface area contributed by atoms with Gasteiger partial charge in [0.05, 0.1) is 11.1 Å². The molecule has 0 radical (unpaired) electrons. The molecule has 2 amide bonds. The van der Waals surface area contributed by atoms with Crippen LogP contribution in [0.25, 0.3) is 0 Å². The molecule has 3 aromatic carbocycles. The normalized spacial score (nSPS) is 10.3. The van der Waals surface area contributed by atoms with Gasteiger partial charge in [0.15, 0.2) is 10.2 Å². The number of carbonyl (C=O) groups is 2. The lowest BCUT2D eigenvalue weighted by molar-refractivity contribution is 0.0944. The Kier molecular flexibility index (Phi) is 9.27. The van der Waals surface area contributed by atoms with Crippen molar-refractivity contribution in [2.45, 2.75) is 40.5 Å². The molecule has 36 heavy (non-hydrogen) atoms. The summed E-state index contributed by atoms with van der Waals surface area (Å²) in [6, 6.07) is 18.5. The lowest BCUT2D eigenvalue weighted by Gasteiger charge is -2.17. The Labute approximate surface area is 222 Å². The summed E-state index contributed by atoms with van der Waals surface area (Å²) in [5.74, 6) is -0.980. The first kappa shape index (κ1) is 27.0. The van der Waals surface area contributed by atoms with Crippen molar-refractivity contribution >= 4 is 57.8 Å². The van der Waals surface area contributed by atoms with Crippen molar-refractivity contribution in [2.75, 3.05) is 10.6 Å². The standard InChI is InChI=1S/C28H30N4O2S2/c1-5-19-13-9-11-17(3)23(19)29-27(35)31-25(33)21-15-7-8-16-22(21)26(34)32-28(36)30-24-18(4)12-10-14-20(24)6-2/h7-16H,5-6H2,1-4H3,(H2,29,31,33,35)(H2,30,32,34,36). The topological polar surface area (TPSA) is 82.3 Å². The number of hydrogen-bond donors (Lipinski definition) is 4. The summed E-state index contributed by atoms with van der Waals surface area (Å²) in [6.45, 7) is 8.06. The number of thiocarbonyl (C=S) groups is 2. The van der Waals surface area contributed by atoms with E-state index in [1.807, 2.05) is 50.2 Å². The molecule has 0 fully saturated rings. The monoisotopic (exact) mass is 518 g/mol. The van der Waals surface area contributed by atoms with Gasteiger partial charge < -0.3 is 10.6 Å². The summed E-state index contributed by atoms with van der Waals surface area (Å²) in [5, 5.41) is 11.9. The third kappa shape index (κ3) is 6.53. The lowest BCUT2D eigenvalue weighted by Crippen LogP contribution is -2.38. The van der Waals surface area contributed by atoms with Gasteiger partial charge in [-0.25, -0.2) is 0 Å². The minimum atomic E-state index is -0.490. The van der Waals surface area contributed by atoms with Crippen LogP contribution in [0.2, 0.25) is 0 Å². The molecule has 0 aromatic heterocycles. The maximum atomic E-state index is 13.0. The van der Waals surface area contributed by atoms with E-state index in [9.17, 15) is 9.59 Å². The second kappa shape index (κ2) is 12.4. The van der Waals surface area contributed by atoms with Crippen LogP contribution >= 0.6 is 24.4 Å². The van der Waals surface area contributed by atoms with Crippen molar-refractivity contribution in [3.05, 3.63) is 94.0 Å². The molecule has 8 heteroatoms. The minimum Gasteiger partial charge on any atom is -0.332 e. The molecular formula is C28H30N4O2S2. The van der Waals surface area contributed by atoms with Gasteiger partial charge in [-0.05, 0) is 85.5 Å². The number of hydrogen-bond acceptors (Lipinski definition) is 4. The molecule has 0 aliphatic rings. The number of anilines is 2. The van der Waals surface area contributed by atoms with E-state index in [0.29, 0.717) is 0 Å². The quantitative estimate of drug-likeness (QED) is 0.314. The van der Waals surface area contributed by atoms with Gasteiger partial charge in [0.25, 0.3) is 11.8 Å². The van der Waals surface area contributed by atoms with Crippen LogP contribution in [-0.4, -0.2) is 22.0 Å². The third-order valence-electron chi connectivity index (χ3n) is 5.83. The Morgan fingerprint density at radius 1 is 0.639 bits per heavy atom. The molecule has 0 unspecified atom stereocenters. The molecule has 0 saturated heterocycles. The van der Waals surface area contributed by atoms with Crippen LogP contribution < -0.4 is 21.3 Å². The Hall–Kier alpha value is -3.62. The van der Waals surface area contributed by atoms with Crippen LogP contribution in [0.4, 0.5) is 11.4 Å². The van der Waals surface area contributed by atoms with Gasteiger partial charge in [-0.1, -0.05) is 62.4 Å². The molecule has 0 bridgehead atoms. The van der Waals surface area contributed by atoms with E-state index < -0.39 is 11.8 Å². The zero-order valence-corrected chi connectivity index (χ0v) is 22.5. The van der Waals surface area contributed by atoms with E-state index in [2.05, 4.69) is 35.1 Å². The second-order valence-electron chi connectivity index (χ2n) is 8.29. The van der Waals surface area contributed by atoms with Crippen molar-refractivity contribution in [1.82, 2.24) is 10.6 Å². The number of rotatable bonds is 6. The predicted octanol–water partition coefficient (Wildman–Crippen LogP) is 5.68. The van der Waals surface area contributed by atoms with Crippen LogP contribution in [-0.2, 0) is 12.8 Å². The summed E-state index contributed by atoms with van der Waals surface area (Å²) < 4.78 is 0. The second-order valence-corrected chi connectivity index (χ2v) is 9.10. The van der Waals surface area contributed by atoms with Gasteiger partial charge in [0.2, 0.25) is 0 Å². The average molecular weight is 519 g/mol. The minimum absolute atomic E-state index is 0.156. The first-order chi connectivity index (χ1) is 17.2. The van der Waals surface area contributed by atoms with Crippen LogP contribution in [0.5, 0.6) is 0 Å². The first-order valence-corrected chi connectivity index (χ1v) is 12.6. The summed E-state index contributed by atoms with van der Waals surface area (Å²) in [6.07, 6.45) is 1.64. The molecule has 4 N–H and O–H groups in total. The highest BCUT2D eigenvalue weighted by Gasteiger charge is 2.19. The highest BCUT2D eigenvalue weighted by atomic mass is 32.1. The summed E-state index contributed by atoms with van der Waals surface area (Å²) in [4.78, 5) is 26.1. The fraction of sp³-hybridized carbons (Fsp3) is 0.214. The third-order valence-corrected chi connectivity index (χ3v) is 6.24. The number of para-hydroxylation sites is 2. The molecule has 0 atom stereocenters. The zero-order chi connectivity index (χ0) is 26.2. The summed E-state index contributed by atoms with van der Waals surface area (Å²) in [5.41, 5.74) is 6.34. The molecule has 0 heterocycles. The van der Waals surface area contributed by atoms with Crippen molar-refractivity contribution in [1.29, 1.82) is 0 Å². The van der Waals surface area contributed by atoms with Crippen LogP contribution in [0.1, 0.15) is 56.8 Å². The average Bonchev–Trinajstić information content (AvgIpc) is 2.86. The van der Waals surface area contributed by atoms with Crippen LogP contribution in [0, 0.1) is 13.8 Å². The Balaban J connectivity index is 1.72. The Bertz CT molecular complexity index is 1220. The van der Waals surface area contributed by atoms with E-state index in [-0.39, 0.29) is 21.4 Å². The van der Waals surface area contributed by atoms with E-state index in [1.165, 1.54) is 0 Å². The molecule has 0 aliphatic heterocycles. The first-order valence-electron chi connectivity index (χ1n) is 11.8. The maximum absolute atomic E-state index is 13.0. The molecule has 0 spiro atoms. The largest absolute Gasteiger partial charge is 0.332 e. The van der Waals surface area contributed by atoms with E-state index in [4.69, 9.17) is 24.4 Å². The molecular weight excluding hydrogens is 488 g/mol. The SMILES string of the molecule is CCc1cccc(C)c1NC(=S)NC(=O)c1ccccc1C(=O)NC(=S)Nc1c(C)cccc1CC. The molecule has 0 aliphatic carbocycles. The van der Waals surface area contributed by atoms with Crippen molar-refractivity contribution < 1.29 is 9.59 Å². The van der Waals surface area contributed by atoms with E-state index in [0.717, 1.165) is 46.5 Å². The number of nitrogens with one attached hydrogen (secondary N) is 4. The van der Waals surface area contributed by atoms with Gasteiger partial charge >= 0.3 is 0 Å². The van der Waals surface area contributed by atoms with Crippen LogP contribution in [0.3, 0.4) is 0 Å². The van der Waals surface area contributed by atoms with Crippen molar-refractivity contribution in [3.8, 4) is 0 Å². The number of carbonyl (C=O) groups excluding carboxylic acids is 2. The highest BCUT2D eigenvalue weighted by Crippen LogP contribution is 2.22. The van der Waals surface area contributed by atoms with Gasteiger partial charge in [-0.15, -0.1) is 0 Å². The van der Waals surface area contributed by atoms with Crippen molar-refractivity contribution in [2.24, 2.45) is 0 Å². The highest BCUT2D eigenvalue weighted by molar-refractivity contribution is 7.80. The van der Waals surface area contributed by atoms with Gasteiger partial charge in [0, 0.05) is 11.4 Å². The number of amides is 2. The summed E-state index contributed by atoms with van der Waals surface area (Å²) >= 11 is 10.8. The molecule has 186 valence electrons. The zero-order valence-electron chi connectivity index (χ0n) is 20.8. The smallest absolute Gasteiger partial charge is 0.258 e. The lowest BCUT2D eigenvalue weighted by atomic mass is 10.1. The predicted molar refractivity (Wildman–Crippen MR) is 155 cm³/mol. The van der Waals surface area contributed by atoms with Crippen LogP contribution in [0.15, 0.2) is 60.7 Å².